The van der Waals surface area contributed by atoms with E-state index in [4.69, 9.17) is 10.9 Å². The minimum Gasteiger partial charge on any atom is -0.409 e. The van der Waals surface area contributed by atoms with Crippen LogP contribution in [-0.4, -0.2) is 35.6 Å². The quantitative estimate of drug-likeness (QED) is 0.255. The van der Waals surface area contributed by atoms with Crippen molar-refractivity contribution in [1.82, 2.24) is 4.90 Å². The monoisotopic (exact) mass is 169 g/mol. The molecule has 0 aromatic carbocycles. The van der Waals surface area contributed by atoms with Crippen molar-refractivity contribution in [2.75, 3.05) is 19.6 Å². The largest absolute Gasteiger partial charge is 0.409 e. The van der Waals surface area contributed by atoms with E-state index in [1.807, 2.05) is 0 Å². The lowest BCUT2D eigenvalue weighted by Gasteiger charge is -2.47. The standard InChI is InChI=1S/C8H15N3O/c9-7(10-12)8-1-4-11(5-2-8)6-3-8/h12H,1-6H2,(H2,9,10). The second-order valence-electron chi connectivity index (χ2n) is 3.86. The van der Waals surface area contributed by atoms with Gasteiger partial charge in [0.2, 0.25) is 0 Å². The fourth-order valence-electron chi connectivity index (χ4n) is 2.32. The molecule has 3 saturated heterocycles. The Labute approximate surface area is 72.0 Å². The van der Waals surface area contributed by atoms with Crippen molar-refractivity contribution in [1.29, 1.82) is 0 Å². The molecule has 0 spiro atoms. The van der Waals surface area contributed by atoms with Gasteiger partial charge in [0.15, 0.2) is 0 Å². The predicted molar refractivity (Wildman–Crippen MR) is 46.1 cm³/mol. The molecule has 0 saturated carbocycles. The molecule has 0 unspecified atom stereocenters. The van der Waals surface area contributed by atoms with Crippen molar-refractivity contribution in [3.63, 3.8) is 0 Å². The third-order valence-electron chi connectivity index (χ3n) is 3.37. The fraction of sp³-hybridized carbons (Fsp3) is 0.875. The Morgan fingerprint density at radius 2 is 1.75 bits per heavy atom. The number of oxime groups is 1. The van der Waals surface area contributed by atoms with Crippen molar-refractivity contribution < 1.29 is 5.21 Å². The van der Waals surface area contributed by atoms with Gasteiger partial charge in [-0.25, -0.2) is 0 Å². The summed E-state index contributed by atoms with van der Waals surface area (Å²) < 4.78 is 0. The Morgan fingerprint density at radius 1 is 1.25 bits per heavy atom. The van der Waals surface area contributed by atoms with Crippen LogP contribution >= 0.6 is 0 Å². The number of fused-ring (bicyclic) bond motifs is 3. The summed E-state index contributed by atoms with van der Waals surface area (Å²) in [6, 6.07) is 0. The molecule has 0 aromatic heterocycles. The molecule has 0 aromatic rings. The van der Waals surface area contributed by atoms with Crippen molar-refractivity contribution in [2.24, 2.45) is 16.3 Å². The van der Waals surface area contributed by atoms with E-state index < -0.39 is 0 Å². The Morgan fingerprint density at radius 3 is 2.17 bits per heavy atom. The van der Waals surface area contributed by atoms with Crippen LogP contribution in [0.2, 0.25) is 0 Å². The highest BCUT2D eigenvalue weighted by atomic mass is 16.4. The van der Waals surface area contributed by atoms with Gasteiger partial charge in [-0.2, -0.15) is 0 Å². The molecular weight excluding hydrogens is 154 g/mol. The number of rotatable bonds is 1. The highest BCUT2D eigenvalue weighted by Crippen LogP contribution is 2.39. The normalized spacial score (nSPS) is 41.7. The first-order valence-electron chi connectivity index (χ1n) is 4.47. The second kappa shape index (κ2) is 2.62. The maximum Gasteiger partial charge on any atom is 0.145 e. The fourth-order valence-corrected chi connectivity index (χ4v) is 2.32. The van der Waals surface area contributed by atoms with Gasteiger partial charge in [-0.15, -0.1) is 0 Å². The molecule has 68 valence electrons. The van der Waals surface area contributed by atoms with Crippen LogP contribution in [0.15, 0.2) is 5.16 Å². The molecule has 0 aliphatic carbocycles. The number of nitrogens with two attached hydrogens (primary N) is 1. The number of hydrogen-bond acceptors (Lipinski definition) is 3. The third kappa shape index (κ3) is 0.982. The Bertz CT molecular complexity index is 193. The average Bonchev–Trinajstić information content (AvgIpc) is 2.19. The van der Waals surface area contributed by atoms with Gasteiger partial charge in [-0.1, -0.05) is 5.16 Å². The molecular formula is C8H15N3O. The van der Waals surface area contributed by atoms with Crippen LogP contribution in [-0.2, 0) is 0 Å². The third-order valence-corrected chi connectivity index (χ3v) is 3.37. The summed E-state index contributed by atoms with van der Waals surface area (Å²) >= 11 is 0. The molecule has 3 aliphatic rings. The minimum absolute atomic E-state index is 0.0312. The first kappa shape index (κ1) is 7.86. The lowest BCUT2D eigenvalue weighted by molar-refractivity contribution is 0.0714. The van der Waals surface area contributed by atoms with E-state index in [0.717, 1.165) is 38.9 Å². The number of amidine groups is 1. The van der Waals surface area contributed by atoms with Gasteiger partial charge >= 0.3 is 0 Å². The van der Waals surface area contributed by atoms with Crippen LogP contribution < -0.4 is 5.73 Å². The summed E-state index contributed by atoms with van der Waals surface area (Å²) in [5, 5.41) is 11.8. The second-order valence-corrected chi connectivity index (χ2v) is 3.86. The SMILES string of the molecule is N/C(=N\O)C12CCN(CC1)CC2. The van der Waals surface area contributed by atoms with E-state index in [1.165, 1.54) is 0 Å². The first-order chi connectivity index (χ1) is 5.77. The zero-order valence-corrected chi connectivity index (χ0v) is 7.16. The Balaban J connectivity index is 2.19. The maximum atomic E-state index is 8.65. The smallest absolute Gasteiger partial charge is 0.145 e. The van der Waals surface area contributed by atoms with Gasteiger partial charge in [0.1, 0.15) is 5.84 Å². The highest BCUT2D eigenvalue weighted by Gasteiger charge is 2.42. The molecule has 3 N–H and O–H groups in total. The summed E-state index contributed by atoms with van der Waals surface area (Å²) in [6.07, 6.45) is 3.18. The van der Waals surface area contributed by atoms with Crippen LogP contribution in [0.3, 0.4) is 0 Å². The Kier molecular flexibility index (Phi) is 1.72. The van der Waals surface area contributed by atoms with Crippen molar-refractivity contribution >= 4 is 5.84 Å². The summed E-state index contributed by atoms with van der Waals surface area (Å²) in [4.78, 5) is 2.44. The van der Waals surface area contributed by atoms with Crippen molar-refractivity contribution in [3.05, 3.63) is 0 Å². The molecule has 12 heavy (non-hydrogen) atoms. The number of nitrogens with zero attached hydrogens (tertiary/aromatic N) is 2. The van der Waals surface area contributed by atoms with E-state index in [-0.39, 0.29) is 5.41 Å². The van der Waals surface area contributed by atoms with Crippen LogP contribution in [0.4, 0.5) is 0 Å². The molecule has 4 heteroatoms. The van der Waals surface area contributed by atoms with Crippen LogP contribution in [0, 0.1) is 5.41 Å². The zero-order valence-electron chi connectivity index (χ0n) is 7.16. The Hall–Kier alpha value is -0.770. The van der Waals surface area contributed by atoms with Gasteiger partial charge in [-0.3, -0.25) is 0 Å². The molecule has 2 bridgehead atoms. The molecule has 0 amide bonds. The van der Waals surface area contributed by atoms with E-state index in [0.29, 0.717) is 5.84 Å². The molecule has 3 heterocycles. The van der Waals surface area contributed by atoms with Gasteiger partial charge in [0, 0.05) is 5.41 Å². The van der Waals surface area contributed by atoms with E-state index in [9.17, 15) is 0 Å². The molecule has 3 fully saturated rings. The summed E-state index contributed by atoms with van der Waals surface area (Å²) in [5.74, 6) is 0.446. The summed E-state index contributed by atoms with van der Waals surface area (Å²) in [7, 11) is 0. The first-order valence-corrected chi connectivity index (χ1v) is 4.47. The van der Waals surface area contributed by atoms with E-state index >= 15 is 0 Å². The molecule has 3 aliphatic heterocycles. The summed E-state index contributed by atoms with van der Waals surface area (Å²) in [5.41, 5.74) is 5.73. The van der Waals surface area contributed by atoms with Crippen LogP contribution in [0.5, 0.6) is 0 Å². The minimum atomic E-state index is 0.0312. The molecule has 4 nitrogen and oxygen atoms in total. The van der Waals surface area contributed by atoms with Gasteiger partial charge in [0.25, 0.3) is 0 Å². The van der Waals surface area contributed by atoms with Crippen molar-refractivity contribution in [3.8, 4) is 0 Å². The predicted octanol–water partition coefficient (Wildman–Crippen LogP) is 0.219. The van der Waals surface area contributed by atoms with Crippen LogP contribution in [0.25, 0.3) is 0 Å². The maximum absolute atomic E-state index is 8.65. The van der Waals surface area contributed by atoms with Crippen LogP contribution in [0.1, 0.15) is 19.3 Å². The molecule has 3 rings (SSSR count). The van der Waals surface area contributed by atoms with E-state index in [2.05, 4.69) is 10.1 Å². The van der Waals surface area contributed by atoms with E-state index in [1.54, 1.807) is 0 Å². The molecule has 0 atom stereocenters. The lowest BCUT2D eigenvalue weighted by atomic mass is 9.71. The van der Waals surface area contributed by atoms with Gasteiger partial charge in [0.05, 0.1) is 0 Å². The van der Waals surface area contributed by atoms with Gasteiger partial charge in [-0.05, 0) is 38.9 Å². The lowest BCUT2D eigenvalue weighted by Crippen LogP contribution is -2.53. The zero-order chi connectivity index (χ0) is 8.60. The summed E-state index contributed by atoms with van der Waals surface area (Å²) in [6.45, 7) is 3.32. The molecule has 0 radical (unpaired) electrons. The highest BCUT2D eigenvalue weighted by molar-refractivity contribution is 5.86. The average molecular weight is 169 g/mol. The number of piperidine rings is 3. The van der Waals surface area contributed by atoms with Gasteiger partial charge < -0.3 is 15.8 Å². The number of hydrogen-bond donors (Lipinski definition) is 2. The topological polar surface area (TPSA) is 61.9 Å². The van der Waals surface area contributed by atoms with Crippen molar-refractivity contribution in [2.45, 2.75) is 19.3 Å².